The second-order valence-corrected chi connectivity index (χ2v) is 2.79. The number of nitro groups is 1. The molecule has 0 amide bonds. The van der Waals surface area contributed by atoms with E-state index in [1.807, 2.05) is 36.4 Å². The van der Waals surface area contributed by atoms with E-state index in [1.54, 1.807) is 13.0 Å². The Hall–Kier alpha value is -1.97. The van der Waals surface area contributed by atoms with Crippen LogP contribution in [-0.4, -0.2) is 17.8 Å². The number of carbonyl (C=O) groups is 1. The predicted octanol–water partition coefficient (Wildman–Crippen LogP) is 2.18. The van der Waals surface area contributed by atoms with Crippen molar-refractivity contribution in [3.05, 3.63) is 52.1 Å². The lowest BCUT2D eigenvalue weighted by Crippen LogP contribution is -1.79. The van der Waals surface area contributed by atoms with E-state index < -0.39 is 4.92 Å². The standard InChI is InChI=1S/C10H10O.CH3NO2/c1-9(11)7-8-10-5-3-2-4-6-10;1-2(3)4/h2-8H,1H3;1H3/b8-7+;. The van der Waals surface area contributed by atoms with Gasteiger partial charge in [-0.05, 0) is 18.6 Å². The quantitative estimate of drug-likeness (QED) is 0.424. The summed E-state index contributed by atoms with van der Waals surface area (Å²) >= 11 is 0. The molecular weight excluding hydrogens is 194 g/mol. The molecule has 0 radical (unpaired) electrons. The van der Waals surface area contributed by atoms with Gasteiger partial charge in [-0.2, -0.15) is 0 Å². The van der Waals surface area contributed by atoms with E-state index in [9.17, 15) is 4.79 Å². The third kappa shape index (κ3) is 9.95. The lowest BCUT2D eigenvalue weighted by Gasteiger charge is -1.88. The van der Waals surface area contributed by atoms with Crippen LogP contribution in [-0.2, 0) is 4.79 Å². The maximum atomic E-state index is 10.5. The van der Waals surface area contributed by atoms with Crippen LogP contribution in [0.2, 0.25) is 0 Å². The van der Waals surface area contributed by atoms with Crippen molar-refractivity contribution in [2.75, 3.05) is 7.05 Å². The summed E-state index contributed by atoms with van der Waals surface area (Å²) in [6, 6.07) is 9.75. The SMILES string of the molecule is CC(=O)/C=C/c1ccccc1.C[N+](=O)[O-]. The number of hydrogen-bond donors (Lipinski definition) is 0. The molecule has 15 heavy (non-hydrogen) atoms. The summed E-state index contributed by atoms with van der Waals surface area (Å²) in [5.74, 6) is 0.0776. The zero-order chi connectivity index (χ0) is 11.7. The molecule has 1 aromatic rings. The molecule has 0 saturated heterocycles. The highest BCUT2D eigenvalue weighted by Crippen LogP contribution is 2.00. The number of carbonyl (C=O) groups excluding carboxylic acids is 1. The summed E-state index contributed by atoms with van der Waals surface area (Å²) in [4.78, 5) is 18.8. The van der Waals surface area contributed by atoms with E-state index in [-0.39, 0.29) is 5.78 Å². The number of rotatable bonds is 2. The third-order valence-corrected chi connectivity index (χ3v) is 1.31. The van der Waals surface area contributed by atoms with Gasteiger partial charge < -0.3 is 0 Å². The normalized spacial score (nSPS) is 9.20. The fourth-order valence-electron chi connectivity index (χ4n) is 0.778. The van der Waals surface area contributed by atoms with Crippen molar-refractivity contribution >= 4 is 11.9 Å². The van der Waals surface area contributed by atoms with Gasteiger partial charge in [0.15, 0.2) is 12.8 Å². The Morgan fingerprint density at radius 3 is 2.20 bits per heavy atom. The van der Waals surface area contributed by atoms with Crippen molar-refractivity contribution in [3.8, 4) is 0 Å². The van der Waals surface area contributed by atoms with Crippen molar-refractivity contribution < 1.29 is 9.72 Å². The molecule has 0 saturated carbocycles. The second-order valence-electron chi connectivity index (χ2n) is 2.79. The Morgan fingerprint density at radius 2 is 1.80 bits per heavy atom. The largest absolute Gasteiger partial charge is 0.295 e. The second kappa shape index (κ2) is 7.44. The minimum Gasteiger partial charge on any atom is -0.295 e. The van der Waals surface area contributed by atoms with Crippen LogP contribution in [0.25, 0.3) is 6.08 Å². The van der Waals surface area contributed by atoms with Crippen molar-refractivity contribution in [2.24, 2.45) is 0 Å². The predicted molar refractivity (Wildman–Crippen MR) is 59.1 cm³/mol. The topological polar surface area (TPSA) is 60.2 Å². The van der Waals surface area contributed by atoms with Crippen LogP contribution in [0.3, 0.4) is 0 Å². The molecule has 0 aliphatic heterocycles. The van der Waals surface area contributed by atoms with E-state index in [0.717, 1.165) is 12.6 Å². The highest BCUT2D eigenvalue weighted by Gasteiger charge is 1.83. The monoisotopic (exact) mass is 207 g/mol. The molecule has 0 N–H and O–H groups in total. The fourth-order valence-corrected chi connectivity index (χ4v) is 0.778. The van der Waals surface area contributed by atoms with Gasteiger partial charge in [0.1, 0.15) is 0 Å². The van der Waals surface area contributed by atoms with Gasteiger partial charge in [-0.1, -0.05) is 36.4 Å². The Balaban J connectivity index is 0.000000423. The molecule has 0 unspecified atom stereocenters. The van der Waals surface area contributed by atoms with E-state index in [4.69, 9.17) is 10.1 Å². The van der Waals surface area contributed by atoms with Crippen molar-refractivity contribution in [1.29, 1.82) is 0 Å². The van der Waals surface area contributed by atoms with Gasteiger partial charge >= 0.3 is 0 Å². The van der Waals surface area contributed by atoms with E-state index in [2.05, 4.69) is 0 Å². The average molecular weight is 207 g/mol. The van der Waals surface area contributed by atoms with Crippen LogP contribution in [0.1, 0.15) is 12.5 Å². The molecule has 1 rings (SSSR count). The summed E-state index contributed by atoms with van der Waals surface area (Å²) in [6.45, 7) is 1.54. The Bertz CT molecular complexity index is 340. The van der Waals surface area contributed by atoms with E-state index >= 15 is 0 Å². The van der Waals surface area contributed by atoms with Crippen molar-refractivity contribution in [2.45, 2.75) is 6.92 Å². The first-order chi connectivity index (χ1) is 7.02. The molecular formula is C11H13NO3. The van der Waals surface area contributed by atoms with Crippen molar-refractivity contribution in [3.63, 3.8) is 0 Å². The average Bonchev–Trinajstić information content (AvgIpc) is 2.15. The Kier molecular flexibility index (Phi) is 6.46. The lowest BCUT2D eigenvalue weighted by molar-refractivity contribution is -0.445. The zero-order valence-electron chi connectivity index (χ0n) is 8.71. The van der Waals surface area contributed by atoms with Crippen LogP contribution in [0, 0.1) is 10.1 Å². The summed E-state index contributed by atoms with van der Waals surface area (Å²) in [5.41, 5.74) is 1.06. The summed E-state index contributed by atoms with van der Waals surface area (Å²) in [6.07, 6.45) is 3.37. The number of ketones is 1. The van der Waals surface area contributed by atoms with Crippen LogP contribution in [0.5, 0.6) is 0 Å². The van der Waals surface area contributed by atoms with Crippen molar-refractivity contribution in [1.82, 2.24) is 0 Å². The molecule has 0 bridgehead atoms. The Labute approximate surface area is 88.4 Å². The van der Waals surface area contributed by atoms with Gasteiger partial charge in [0.05, 0.1) is 0 Å². The van der Waals surface area contributed by atoms with E-state index in [1.165, 1.54) is 0 Å². The van der Waals surface area contributed by atoms with Crippen LogP contribution < -0.4 is 0 Å². The van der Waals surface area contributed by atoms with Crippen LogP contribution in [0.15, 0.2) is 36.4 Å². The van der Waals surface area contributed by atoms with Gasteiger partial charge in [-0.15, -0.1) is 0 Å². The summed E-state index contributed by atoms with van der Waals surface area (Å²) in [5, 5.41) is 8.81. The Morgan fingerprint density at radius 1 is 1.33 bits per heavy atom. The number of hydrogen-bond acceptors (Lipinski definition) is 3. The minimum atomic E-state index is -0.500. The number of allylic oxidation sites excluding steroid dienone is 1. The molecule has 80 valence electrons. The molecule has 0 aliphatic carbocycles. The zero-order valence-corrected chi connectivity index (χ0v) is 8.71. The first-order valence-electron chi connectivity index (χ1n) is 4.34. The van der Waals surface area contributed by atoms with Gasteiger partial charge in [0.2, 0.25) is 0 Å². The van der Waals surface area contributed by atoms with Crippen LogP contribution in [0.4, 0.5) is 0 Å². The smallest absolute Gasteiger partial charge is 0.194 e. The molecule has 0 atom stereocenters. The third-order valence-electron chi connectivity index (χ3n) is 1.31. The number of nitrogens with zero attached hydrogens (tertiary/aromatic N) is 1. The molecule has 0 heterocycles. The highest BCUT2D eigenvalue weighted by molar-refractivity contribution is 5.91. The summed E-state index contributed by atoms with van der Waals surface area (Å²) < 4.78 is 0. The van der Waals surface area contributed by atoms with Crippen LogP contribution >= 0.6 is 0 Å². The molecule has 0 spiro atoms. The maximum absolute atomic E-state index is 10.5. The first kappa shape index (κ1) is 13.0. The molecule has 0 fully saturated rings. The summed E-state index contributed by atoms with van der Waals surface area (Å²) in [7, 11) is 0.889. The highest BCUT2D eigenvalue weighted by atomic mass is 16.6. The van der Waals surface area contributed by atoms with E-state index in [0.29, 0.717) is 0 Å². The van der Waals surface area contributed by atoms with Gasteiger partial charge in [-0.3, -0.25) is 14.9 Å². The first-order valence-corrected chi connectivity index (χ1v) is 4.34. The lowest BCUT2D eigenvalue weighted by atomic mass is 10.2. The van der Waals surface area contributed by atoms with Gasteiger partial charge in [-0.25, -0.2) is 0 Å². The number of benzene rings is 1. The fraction of sp³-hybridized carbons (Fsp3) is 0.182. The molecule has 4 nitrogen and oxygen atoms in total. The molecule has 1 aromatic carbocycles. The minimum absolute atomic E-state index is 0.0776. The van der Waals surface area contributed by atoms with Gasteiger partial charge in [0, 0.05) is 4.92 Å². The van der Waals surface area contributed by atoms with Gasteiger partial charge in [0.25, 0.3) is 0 Å². The molecule has 0 aromatic heterocycles. The molecule has 4 heteroatoms. The molecule has 0 aliphatic rings. The maximum Gasteiger partial charge on any atom is 0.194 e.